The second-order valence-electron chi connectivity index (χ2n) is 6.85. The van der Waals surface area contributed by atoms with Gasteiger partial charge in [0, 0.05) is 45.4 Å². The Morgan fingerprint density at radius 3 is 2.58 bits per heavy atom. The highest BCUT2D eigenvalue weighted by Gasteiger charge is 2.26. The van der Waals surface area contributed by atoms with Crippen LogP contribution < -0.4 is 4.74 Å². The molecule has 1 heterocycles. The summed E-state index contributed by atoms with van der Waals surface area (Å²) in [6.07, 6.45) is 0.740. The first-order chi connectivity index (χ1) is 12.7. The van der Waals surface area contributed by atoms with Crippen LogP contribution in [0.4, 0.5) is 4.39 Å². The van der Waals surface area contributed by atoms with E-state index in [0.29, 0.717) is 0 Å². The molecule has 2 aromatic carbocycles. The minimum atomic E-state index is -0.189. The predicted molar refractivity (Wildman–Crippen MR) is 101 cm³/mol. The monoisotopic (exact) mass is 358 g/mol. The standard InChI is InChI=1S/C21H27FN2O2/c1-26-21-7-3-5-18(13-21)15-24-10-9-23(16-20(24)8-11-25)14-17-4-2-6-19(22)12-17/h2-7,12-13,20,25H,8-11,14-16H2,1H3. The number of ether oxygens (including phenoxy) is 1. The number of aliphatic hydroxyl groups excluding tert-OH is 1. The summed E-state index contributed by atoms with van der Waals surface area (Å²) in [5.41, 5.74) is 2.21. The molecule has 140 valence electrons. The van der Waals surface area contributed by atoms with E-state index in [1.807, 2.05) is 18.2 Å². The van der Waals surface area contributed by atoms with Gasteiger partial charge in [-0.1, -0.05) is 24.3 Å². The molecule has 0 aliphatic carbocycles. The molecule has 1 fully saturated rings. The maximum atomic E-state index is 13.4. The summed E-state index contributed by atoms with van der Waals surface area (Å²) >= 11 is 0. The van der Waals surface area contributed by atoms with Crippen molar-refractivity contribution in [2.75, 3.05) is 33.4 Å². The fraction of sp³-hybridized carbons (Fsp3) is 0.429. The molecule has 0 spiro atoms. The van der Waals surface area contributed by atoms with E-state index in [9.17, 15) is 9.50 Å². The van der Waals surface area contributed by atoms with Crippen molar-refractivity contribution in [1.82, 2.24) is 9.80 Å². The molecule has 0 radical (unpaired) electrons. The van der Waals surface area contributed by atoms with Crippen LogP contribution >= 0.6 is 0 Å². The SMILES string of the molecule is COc1cccc(CN2CCN(Cc3cccc(F)c3)CC2CCO)c1. The zero-order valence-corrected chi connectivity index (χ0v) is 15.3. The summed E-state index contributed by atoms with van der Waals surface area (Å²) in [5.74, 6) is 0.678. The Morgan fingerprint density at radius 1 is 1.08 bits per heavy atom. The van der Waals surface area contributed by atoms with Crippen molar-refractivity contribution >= 4 is 0 Å². The normalized spacial score (nSPS) is 18.8. The molecule has 3 rings (SSSR count). The quantitative estimate of drug-likeness (QED) is 0.826. The highest BCUT2D eigenvalue weighted by molar-refractivity contribution is 5.28. The minimum Gasteiger partial charge on any atom is -0.497 e. The van der Waals surface area contributed by atoms with Crippen LogP contribution in [0.15, 0.2) is 48.5 Å². The molecule has 1 atom stereocenters. The van der Waals surface area contributed by atoms with Gasteiger partial charge in [-0.05, 0) is 41.8 Å². The molecule has 1 saturated heterocycles. The molecule has 1 N–H and O–H groups in total. The van der Waals surface area contributed by atoms with E-state index in [1.54, 1.807) is 19.2 Å². The van der Waals surface area contributed by atoms with Crippen molar-refractivity contribution in [3.8, 4) is 5.75 Å². The summed E-state index contributed by atoms with van der Waals surface area (Å²) in [5, 5.41) is 9.48. The molecule has 4 nitrogen and oxygen atoms in total. The average molecular weight is 358 g/mol. The molecule has 1 unspecified atom stereocenters. The van der Waals surface area contributed by atoms with Gasteiger partial charge in [-0.3, -0.25) is 9.80 Å². The topological polar surface area (TPSA) is 35.9 Å². The largest absolute Gasteiger partial charge is 0.497 e. The Morgan fingerprint density at radius 2 is 1.85 bits per heavy atom. The third-order valence-electron chi connectivity index (χ3n) is 4.97. The van der Waals surface area contributed by atoms with Gasteiger partial charge in [0.2, 0.25) is 0 Å². The van der Waals surface area contributed by atoms with Crippen LogP contribution in [0, 0.1) is 5.82 Å². The van der Waals surface area contributed by atoms with Crippen molar-refractivity contribution in [2.45, 2.75) is 25.6 Å². The number of methoxy groups -OCH3 is 1. The Balaban J connectivity index is 1.63. The predicted octanol–water partition coefficient (Wildman–Crippen LogP) is 2.90. The lowest BCUT2D eigenvalue weighted by molar-refractivity contribution is 0.0499. The fourth-order valence-electron chi connectivity index (χ4n) is 3.63. The molecule has 1 aliphatic heterocycles. The molecule has 5 heteroatoms. The van der Waals surface area contributed by atoms with Crippen molar-refractivity contribution in [1.29, 1.82) is 0 Å². The van der Waals surface area contributed by atoms with Crippen LogP contribution in [0.5, 0.6) is 5.75 Å². The van der Waals surface area contributed by atoms with Crippen molar-refractivity contribution in [3.63, 3.8) is 0 Å². The van der Waals surface area contributed by atoms with Gasteiger partial charge >= 0.3 is 0 Å². The van der Waals surface area contributed by atoms with E-state index in [-0.39, 0.29) is 18.5 Å². The summed E-state index contributed by atoms with van der Waals surface area (Å²) in [6.45, 7) is 4.50. The molecule has 0 bridgehead atoms. The first kappa shape index (κ1) is 18.8. The molecule has 2 aromatic rings. The summed E-state index contributed by atoms with van der Waals surface area (Å²) in [7, 11) is 1.68. The maximum absolute atomic E-state index is 13.4. The molecule has 0 aromatic heterocycles. The van der Waals surface area contributed by atoms with E-state index < -0.39 is 0 Å². The van der Waals surface area contributed by atoms with Crippen molar-refractivity contribution in [3.05, 3.63) is 65.5 Å². The van der Waals surface area contributed by atoms with Gasteiger partial charge in [0.1, 0.15) is 11.6 Å². The first-order valence-electron chi connectivity index (χ1n) is 9.12. The Labute approximate surface area is 154 Å². The second-order valence-corrected chi connectivity index (χ2v) is 6.85. The number of hydrogen-bond acceptors (Lipinski definition) is 4. The van der Waals surface area contributed by atoms with E-state index >= 15 is 0 Å². The van der Waals surface area contributed by atoms with E-state index in [4.69, 9.17) is 4.74 Å². The Bertz CT molecular complexity index is 710. The number of aliphatic hydroxyl groups is 1. The molecular formula is C21H27FN2O2. The summed E-state index contributed by atoms with van der Waals surface area (Å²) in [4.78, 5) is 4.77. The van der Waals surface area contributed by atoms with Crippen molar-refractivity contribution < 1.29 is 14.2 Å². The third kappa shape index (κ3) is 5.04. The fourth-order valence-corrected chi connectivity index (χ4v) is 3.63. The number of piperazine rings is 1. The van der Waals surface area contributed by atoms with E-state index in [2.05, 4.69) is 21.9 Å². The molecule has 1 aliphatic rings. The zero-order chi connectivity index (χ0) is 18.4. The van der Waals surface area contributed by atoms with Gasteiger partial charge in [-0.15, -0.1) is 0 Å². The number of benzene rings is 2. The molecule has 26 heavy (non-hydrogen) atoms. The smallest absolute Gasteiger partial charge is 0.123 e. The second kappa shape index (κ2) is 9.12. The van der Waals surface area contributed by atoms with Gasteiger partial charge in [0.05, 0.1) is 7.11 Å². The van der Waals surface area contributed by atoms with E-state index in [1.165, 1.54) is 11.6 Å². The molecular weight excluding hydrogens is 331 g/mol. The number of rotatable bonds is 7. The van der Waals surface area contributed by atoms with Crippen molar-refractivity contribution in [2.24, 2.45) is 0 Å². The third-order valence-corrected chi connectivity index (χ3v) is 4.97. The van der Waals surface area contributed by atoms with Gasteiger partial charge < -0.3 is 9.84 Å². The molecule has 0 amide bonds. The minimum absolute atomic E-state index is 0.174. The van der Waals surface area contributed by atoms with Crippen LogP contribution in [0.1, 0.15) is 17.5 Å². The molecule has 0 saturated carbocycles. The van der Waals surface area contributed by atoms with E-state index in [0.717, 1.165) is 50.5 Å². The lowest BCUT2D eigenvalue weighted by Gasteiger charge is -2.41. The number of halogens is 1. The van der Waals surface area contributed by atoms with Crippen LogP contribution in [-0.2, 0) is 13.1 Å². The average Bonchev–Trinajstić information content (AvgIpc) is 2.64. The van der Waals surface area contributed by atoms with Crippen LogP contribution in [0.25, 0.3) is 0 Å². The highest BCUT2D eigenvalue weighted by Crippen LogP contribution is 2.20. The van der Waals surface area contributed by atoms with Crippen LogP contribution in [0.2, 0.25) is 0 Å². The highest BCUT2D eigenvalue weighted by atomic mass is 19.1. The lowest BCUT2D eigenvalue weighted by atomic mass is 10.1. The summed E-state index contributed by atoms with van der Waals surface area (Å²) in [6, 6.07) is 15.2. The number of nitrogens with zero attached hydrogens (tertiary/aromatic N) is 2. The van der Waals surface area contributed by atoms with Gasteiger partial charge in [0.25, 0.3) is 0 Å². The van der Waals surface area contributed by atoms with Gasteiger partial charge in [-0.2, -0.15) is 0 Å². The van der Waals surface area contributed by atoms with Gasteiger partial charge in [0.15, 0.2) is 0 Å². The Kier molecular flexibility index (Phi) is 6.61. The zero-order valence-electron chi connectivity index (χ0n) is 15.3. The van der Waals surface area contributed by atoms with Crippen LogP contribution in [-0.4, -0.2) is 54.3 Å². The first-order valence-corrected chi connectivity index (χ1v) is 9.12. The Hall–Kier alpha value is -1.95. The maximum Gasteiger partial charge on any atom is 0.123 e. The number of hydrogen-bond donors (Lipinski definition) is 1. The lowest BCUT2D eigenvalue weighted by Crippen LogP contribution is -2.52. The van der Waals surface area contributed by atoms with Gasteiger partial charge in [-0.25, -0.2) is 4.39 Å². The van der Waals surface area contributed by atoms with Crippen LogP contribution in [0.3, 0.4) is 0 Å². The summed E-state index contributed by atoms with van der Waals surface area (Å²) < 4.78 is 18.7.